The molecule has 2 unspecified atom stereocenters. The molecule has 2 rings (SSSR count). The first-order chi connectivity index (χ1) is 10.1. The Balaban J connectivity index is 2.05. The molecule has 2 aliphatic rings. The second-order valence-electron chi connectivity index (χ2n) is 7.37. The minimum Gasteiger partial charge on any atom is -0.298 e. The Kier molecular flexibility index (Phi) is 6.08. The molecule has 1 N–H and O–H groups in total. The van der Waals surface area contributed by atoms with Crippen LogP contribution in [0.4, 0.5) is 0 Å². The Hall–Kier alpha value is -0.590. The zero-order valence-electron chi connectivity index (χ0n) is 14.2. The van der Waals surface area contributed by atoms with Gasteiger partial charge in [-0.15, -0.1) is 0 Å². The van der Waals surface area contributed by atoms with Crippen LogP contribution in [0, 0.1) is 11.3 Å². The minimum absolute atomic E-state index is 0.292. The Bertz CT molecular complexity index is 354. The molecule has 0 bridgehead atoms. The molecule has 0 radical (unpaired) electrons. The van der Waals surface area contributed by atoms with Crippen LogP contribution in [0.1, 0.15) is 78.6 Å². The lowest BCUT2D eigenvalue weighted by Crippen LogP contribution is -2.56. The largest absolute Gasteiger partial charge is 0.298 e. The number of rotatable bonds is 5. The van der Waals surface area contributed by atoms with Crippen LogP contribution in [0.2, 0.25) is 0 Å². The molecule has 120 valence electrons. The molecule has 0 spiro atoms. The zero-order chi connectivity index (χ0) is 15.3. The van der Waals surface area contributed by atoms with Gasteiger partial charge in [-0.1, -0.05) is 26.2 Å². The van der Waals surface area contributed by atoms with Gasteiger partial charge in [0.15, 0.2) is 0 Å². The second kappa shape index (κ2) is 7.61. The van der Waals surface area contributed by atoms with Gasteiger partial charge in [0.1, 0.15) is 5.54 Å². The molecule has 2 atom stereocenters. The lowest BCUT2D eigenvalue weighted by molar-refractivity contribution is 0.0645. The summed E-state index contributed by atoms with van der Waals surface area (Å²) in [5, 5.41) is 13.3. The fourth-order valence-electron chi connectivity index (χ4n) is 4.57. The maximum absolute atomic E-state index is 9.74. The van der Waals surface area contributed by atoms with E-state index in [9.17, 15) is 5.26 Å². The first-order valence-corrected chi connectivity index (χ1v) is 9.05. The van der Waals surface area contributed by atoms with Crippen molar-refractivity contribution in [1.82, 2.24) is 10.2 Å². The zero-order valence-corrected chi connectivity index (χ0v) is 14.2. The van der Waals surface area contributed by atoms with Gasteiger partial charge in [0.25, 0.3) is 0 Å². The van der Waals surface area contributed by atoms with Crippen molar-refractivity contribution >= 4 is 0 Å². The molecule has 21 heavy (non-hydrogen) atoms. The van der Waals surface area contributed by atoms with E-state index in [-0.39, 0.29) is 5.54 Å². The topological polar surface area (TPSA) is 39.1 Å². The van der Waals surface area contributed by atoms with E-state index in [0.717, 1.165) is 25.4 Å². The van der Waals surface area contributed by atoms with Crippen molar-refractivity contribution in [2.45, 2.75) is 102 Å². The third-order valence-electron chi connectivity index (χ3n) is 5.38. The van der Waals surface area contributed by atoms with E-state index in [4.69, 9.17) is 0 Å². The summed E-state index contributed by atoms with van der Waals surface area (Å²) in [5.74, 6) is 0. The highest BCUT2D eigenvalue weighted by Gasteiger charge is 2.40. The molecule has 0 aromatic carbocycles. The maximum Gasteiger partial charge on any atom is 0.108 e. The predicted octanol–water partition coefficient (Wildman–Crippen LogP) is 3.84. The lowest BCUT2D eigenvalue weighted by atomic mass is 9.78. The molecule has 0 aromatic rings. The number of hydrogen-bond acceptors (Lipinski definition) is 3. The Morgan fingerprint density at radius 3 is 2.38 bits per heavy atom. The molecule has 3 nitrogen and oxygen atoms in total. The molecule has 2 fully saturated rings. The third-order valence-corrected chi connectivity index (χ3v) is 5.38. The van der Waals surface area contributed by atoms with E-state index in [2.05, 4.69) is 37.1 Å². The molecule has 2 saturated carbocycles. The molecule has 0 amide bonds. The maximum atomic E-state index is 9.74. The van der Waals surface area contributed by atoms with Crippen LogP contribution in [0.25, 0.3) is 0 Å². The summed E-state index contributed by atoms with van der Waals surface area (Å²) in [4.78, 5) is 2.73. The normalized spacial score (nSPS) is 31.5. The quantitative estimate of drug-likeness (QED) is 0.836. The standard InChI is InChI=1S/C18H33N3/c1-4-21(16-9-6-5-7-10-16)17-11-8-12-18(13-17,14-19)20-15(2)3/h15-17,20H,4-13H2,1-3H3. The van der Waals surface area contributed by atoms with Crippen molar-refractivity contribution in [3.05, 3.63) is 0 Å². The van der Waals surface area contributed by atoms with Crippen LogP contribution in [-0.2, 0) is 0 Å². The van der Waals surface area contributed by atoms with E-state index in [1.165, 1.54) is 44.9 Å². The van der Waals surface area contributed by atoms with E-state index in [1.807, 2.05) is 0 Å². The van der Waals surface area contributed by atoms with Crippen LogP contribution in [0.3, 0.4) is 0 Å². The van der Waals surface area contributed by atoms with Gasteiger partial charge in [0.05, 0.1) is 6.07 Å². The minimum atomic E-state index is -0.292. The lowest BCUT2D eigenvalue weighted by Gasteiger charge is -2.46. The summed E-state index contributed by atoms with van der Waals surface area (Å²) in [6.45, 7) is 7.74. The van der Waals surface area contributed by atoms with Gasteiger partial charge in [0.2, 0.25) is 0 Å². The number of nitrogens with one attached hydrogen (secondary N) is 1. The van der Waals surface area contributed by atoms with E-state index in [0.29, 0.717) is 12.1 Å². The van der Waals surface area contributed by atoms with Crippen molar-refractivity contribution in [1.29, 1.82) is 5.26 Å². The van der Waals surface area contributed by atoms with Gasteiger partial charge in [-0.2, -0.15) is 5.26 Å². The summed E-state index contributed by atoms with van der Waals surface area (Å²) in [6.07, 6.45) is 11.4. The first kappa shape index (κ1) is 16.8. The van der Waals surface area contributed by atoms with Crippen molar-refractivity contribution in [2.24, 2.45) is 0 Å². The van der Waals surface area contributed by atoms with Crippen LogP contribution >= 0.6 is 0 Å². The molecular formula is C18H33N3. The van der Waals surface area contributed by atoms with Gasteiger partial charge >= 0.3 is 0 Å². The average Bonchev–Trinajstić information content (AvgIpc) is 2.49. The van der Waals surface area contributed by atoms with Gasteiger partial charge in [-0.3, -0.25) is 10.2 Å². The van der Waals surface area contributed by atoms with Crippen LogP contribution in [-0.4, -0.2) is 35.1 Å². The highest BCUT2D eigenvalue weighted by molar-refractivity contribution is 5.12. The van der Waals surface area contributed by atoms with E-state index < -0.39 is 0 Å². The molecular weight excluding hydrogens is 258 g/mol. The molecule has 0 aromatic heterocycles. The van der Waals surface area contributed by atoms with Crippen molar-refractivity contribution in [2.75, 3.05) is 6.54 Å². The Labute approximate surface area is 131 Å². The average molecular weight is 291 g/mol. The SMILES string of the molecule is CCN(C1CCCCC1)C1CCCC(C#N)(NC(C)C)C1. The van der Waals surface area contributed by atoms with Crippen LogP contribution < -0.4 is 5.32 Å². The van der Waals surface area contributed by atoms with Crippen molar-refractivity contribution in [3.8, 4) is 6.07 Å². The predicted molar refractivity (Wildman–Crippen MR) is 88.1 cm³/mol. The second-order valence-corrected chi connectivity index (χ2v) is 7.37. The Morgan fingerprint density at radius 2 is 1.81 bits per heavy atom. The molecule has 0 heterocycles. The number of hydrogen-bond donors (Lipinski definition) is 1. The molecule has 0 aliphatic heterocycles. The summed E-state index contributed by atoms with van der Waals surface area (Å²) in [6, 6.07) is 4.37. The summed E-state index contributed by atoms with van der Waals surface area (Å²) in [7, 11) is 0. The number of nitriles is 1. The van der Waals surface area contributed by atoms with E-state index >= 15 is 0 Å². The van der Waals surface area contributed by atoms with Crippen LogP contribution in [0.5, 0.6) is 0 Å². The molecule has 0 saturated heterocycles. The fraction of sp³-hybridized carbons (Fsp3) is 0.944. The fourth-order valence-corrected chi connectivity index (χ4v) is 4.57. The summed E-state index contributed by atoms with van der Waals surface area (Å²) >= 11 is 0. The highest BCUT2D eigenvalue weighted by Crippen LogP contribution is 2.34. The van der Waals surface area contributed by atoms with Crippen LogP contribution in [0.15, 0.2) is 0 Å². The van der Waals surface area contributed by atoms with Crippen molar-refractivity contribution in [3.63, 3.8) is 0 Å². The van der Waals surface area contributed by atoms with Crippen molar-refractivity contribution < 1.29 is 0 Å². The summed E-state index contributed by atoms with van der Waals surface area (Å²) in [5.41, 5.74) is -0.292. The highest BCUT2D eigenvalue weighted by atomic mass is 15.2. The Morgan fingerprint density at radius 1 is 1.14 bits per heavy atom. The van der Waals surface area contributed by atoms with Gasteiger partial charge in [0, 0.05) is 18.1 Å². The smallest absolute Gasteiger partial charge is 0.108 e. The van der Waals surface area contributed by atoms with E-state index in [1.54, 1.807) is 0 Å². The first-order valence-electron chi connectivity index (χ1n) is 9.05. The number of nitrogens with zero attached hydrogens (tertiary/aromatic N) is 2. The van der Waals surface area contributed by atoms with Gasteiger partial charge in [-0.25, -0.2) is 0 Å². The molecule has 3 heteroatoms. The monoisotopic (exact) mass is 291 g/mol. The molecule has 2 aliphatic carbocycles. The van der Waals surface area contributed by atoms with Gasteiger partial charge in [-0.05, 0) is 58.9 Å². The summed E-state index contributed by atoms with van der Waals surface area (Å²) < 4.78 is 0. The van der Waals surface area contributed by atoms with Gasteiger partial charge < -0.3 is 0 Å². The third kappa shape index (κ3) is 4.20.